The van der Waals surface area contributed by atoms with Crippen LogP contribution in [0, 0.1) is 21.7 Å². The molecule has 3 rings (SSSR count). The summed E-state index contributed by atoms with van der Waals surface area (Å²) >= 11 is 0. The van der Waals surface area contributed by atoms with Gasteiger partial charge in [0.1, 0.15) is 0 Å². The summed E-state index contributed by atoms with van der Waals surface area (Å²) in [5.41, 5.74) is 5.62. The molecule has 0 atom stereocenters. The Balaban J connectivity index is 2.30. The first-order valence-corrected chi connectivity index (χ1v) is 6.07. The molecule has 0 unspecified atom stereocenters. The lowest BCUT2D eigenvalue weighted by Gasteiger charge is -2.15. The molecular formula is C12H10F2N4O3. The second-order valence-corrected chi connectivity index (χ2v) is 4.51. The van der Waals surface area contributed by atoms with Crippen molar-refractivity contribution in [3.63, 3.8) is 0 Å². The minimum Gasteiger partial charge on any atom is -0.382 e. The van der Waals surface area contributed by atoms with E-state index in [-0.39, 0.29) is 12.4 Å². The standard InChI is InChI=1S/C12H10F2N4O3/c13-7-1-2-9(18(19)20)11(10(7)14)17-8-3-4-21-5-6(8)12(15)16-17/h1-2H,3-5H2,(H2,15,16). The van der Waals surface area contributed by atoms with Crippen molar-refractivity contribution >= 4 is 11.5 Å². The van der Waals surface area contributed by atoms with Crippen LogP contribution < -0.4 is 5.73 Å². The van der Waals surface area contributed by atoms with Crippen LogP contribution in [0.3, 0.4) is 0 Å². The van der Waals surface area contributed by atoms with E-state index in [0.717, 1.165) is 10.7 Å². The summed E-state index contributed by atoms with van der Waals surface area (Å²) in [5, 5.41) is 15.0. The van der Waals surface area contributed by atoms with Crippen LogP contribution in [0.15, 0.2) is 12.1 Å². The summed E-state index contributed by atoms with van der Waals surface area (Å²) in [6.45, 7) is 0.536. The van der Waals surface area contributed by atoms with Crippen LogP contribution in [-0.4, -0.2) is 21.3 Å². The Kier molecular flexibility index (Phi) is 3.05. The first-order chi connectivity index (χ1) is 10.0. The number of halogens is 2. The van der Waals surface area contributed by atoms with Crippen LogP contribution >= 0.6 is 0 Å². The highest BCUT2D eigenvalue weighted by Crippen LogP contribution is 2.32. The number of fused-ring (bicyclic) bond motifs is 1. The van der Waals surface area contributed by atoms with Crippen LogP contribution in [0.4, 0.5) is 20.3 Å². The van der Waals surface area contributed by atoms with Crippen molar-refractivity contribution in [3.05, 3.63) is 45.1 Å². The van der Waals surface area contributed by atoms with Crippen molar-refractivity contribution in [1.29, 1.82) is 0 Å². The predicted molar refractivity (Wildman–Crippen MR) is 67.9 cm³/mol. The summed E-state index contributed by atoms with van der Waals surface area (Å²) in [6, 6.07) is 1.61. The molecule has 2 heterocycles. The average Bonchev–Trinajstić information content (AvgIpc) is 2.79. The predicted octanol–water partition coefficient (Wildman–Crippen LogP) is 1.71. The Morgan fingerprint density at radius 3 is 2.90 bits per heavy atom. The van der Waals surface area contributed by atoms with Crippen molar-refractivity contribution in [2.45, 2.75) is 13.0 Å². The fraction of sp³-hybridized carbons (Fsp3) is 0.250. The fourth-order valence-electron chi connectivity index (χ4n) is 2.32. The van der Waals surface area contributed by atoms with Gasteiger partial charge < -0.3 is 10.5 Å². The molecule has 0 aliphatic carbocycles. The lowest BCUT2D eigenvalue weighted by Crippen LogP contribution is -2.15. The number of nitrogens with zero attached hydrogens (tertiary/aromatic N) is 3. The van der Waals surface area contributed by atoms with Crippen molar-refractivity contribution in [3.8, 4) is 5.69 Å². The Labute approximate surface area is 117 Å². The lowest BCUT2D eigenvalue weighted by atomic mass is 10.1. The second-order valence-electron chi connectivity index (χ2n) is 4.51. The number of ether oxygens (including phenoxy) is 1. The zero-order valence-electron chi connectivity index (χ0n) is 10.7. The number of hydrogen-bond acceptors (Lipinski definition) is 5. The van der Waals surface area contributed by atoms with Gasteiger partial charge in [0.25, 0.3) is 5.69 Å². The third-order valence-electron chi connectivity index (χ3n) is 3.31. The average molecular weight is 296 g/mol. The maximum atomic E-state index is 14.1. The lowest BCUT2D eigenvalue weighted by molar-refractivity contribution is -0.384. The van der Waals surface area contributed by atoms with Gasteiger partial charge in [0.15, 0.2) is 23.1 Å². The number of anilines is 1. The number of nitro benzene ring substituents is 1. The highest BCUT2D eigenvalue weighted by atomic mass is 19.2. The van der Waals surface area contributed by atoms with Gasteiger partial charge in [-0.2, -0.15) is 0 Å². The van der Waals surface area contributed by atoms with Gasteiger partial charge in [-0.1, -0.05) is 0 Å². The quantitative estimate of drug-likeness (QED) is 0.672. The van der Waals surface area contributed by atoms with E-state index in [4.69, 9.17) is 10.5 Å². The minimum absolute atomic E-state index is 0.0858. The molecule has 0 radical (unpaired) electrons. The molecule has 2 aromatic rings. The van der Waals surface area contributed by atoms with E-state index >= 15 is 0 Å². The van der Waals surface area contributed by atoms with E-state index in [1.54, 1.807) is 0 Å². The number of benzene rings is 1. The molecule has 2 N–H and O–H groups in total. The molecule has 0 fully saturated rings. The van der Waals surface area contributed by atoms with E-state index < -0.39 is 27.9 Å². The molecule has 1 aliphatic rings. The first-order valence-electron chi connectivity index (χ1n) is 6.07. The molecule has 0 bridgehead atoms. The highest BCUT2D eigenvalue weighted by molar-refractivity contribution is 5.57. The zero-order valence-corrected chi connectivity index (χ0v) is 10.7. The third kappa shape index (κ3) is 2.02. The molecule has 21 heavy (non-hydrogen) atoms. The summed E-state index contributed by atoms with van der Waals surface area (Å²) in [5.74, 6) is -2.44. The van der Waals surface area contributed by atoms with E-state index in [0.29, 0.717) is 30.4 Å². The van der Waals surface area contributed by atoms with E-state index in [1.165, 1.54) is 0 Å². The van der Waals surface area contributed by atoms with Crippen LogP contribution in [0.25, 0.3) is 5.69 Å². The summed E-state index contributed by atoms with van der Waals surface area (Å²) in [4.78, 5) is 10.3. The van der Waals surface area contributed by atoms with Gasteiger partial charge in [0, 0.05) is 18.1 Å². The summed E-state index contributed by atoms with van der Waals surface area (Å²) < 4.78 is 33.8. The molecule has 0 spiro atoms. The molecule has 0 amide bonds. The zero-order chi connectivity index (χ0) is 15.1. The SMILES string of the molecule is Nc1nn(-c2c([N+](=O)[O-])ccc(F)c2F)c2c1COCC2. The number of nitrogen functional groups attached to an aromatic ring is 1. The van der Waals surface area contributed by atoms with E-state index in [9.17, 15) is 18.9 Å². The van der Waals surface area contributed by atoms with Crippen LogP contribution in [-0.2, 0) is 17.8 Å². The Hall–Kier alpha value is -2.55. The smallest absolute Gasteiger partial charge is 0.298 e. The van der Waals surface area contributed by atoms with Crippen molar-refractivity contribution in [2.75, 3.05) is 12.3 Å². The van der Waals surface area contributed by atoms with Crippen molar-refractivity contribution in [2.24, 2.45) is 0 Å². The van der Waals surface area contributed by atoms with Gasteiger partial charge in [-0.15, -0.1) is 5.10 Å². The molecule has 1 aliphatic heterocycles. The van der Waals surface area contributed by atoms with Gasteiger partial charge in [-0.05, 0) is 6.07 Å². The fourth-order valence-corrected chi connectivity index (χ4v) is 2.32. The molecule has 1 aromatic heterocycles. The monoisotopic (exact) mass is 296 g/mol. The number of aromatic nitrogens is 2. The Morgan fingerprint density at radius 1 is 1.43 bits per heavy atom. The normalized spacial score (nSPS) is 14.0. The van der Waals surface area contributed by atoms with Crippen molar-refractivity contribution in [1.82, 2.24) is 9.78 Å². The number of hydrogen-bond donors (Lipinski definition) is 1. The molecule has 9 heteroatoms. The summed E-state index contributed by atoms with van der Waals surface area (Å²) in [6.07, 6.45) is 0.354. The molecular weight excluding hydrogens is 286 g/mol. The van der Waals surface area contributed by atoms with Crippen LogP contribution in [0.1, 0.15) is 11.3 Å². The minimum atomic E-state index is -1.33. The van der Waals surface area contributed by atoms with E-state index in [2.05, 4.69) is 5.10 Å². The molecule has 110 valence electrons. The van der Waals surface area contributed by atoms with Gasteiger partial charge in [-0.25, -0.2) is 13.5 Å². The van der Waals surface area contributed by atoms with E-state index in [1.807, 2.05) is 0 Å². The van der Waals surface area contributed by atoms with Gasteiger partial charge in [-0.3, -0.25) is 10.1 Å². The topological polar surface area (TPSA) is 96.2 Å². The largest absolute Gasteiger partial charge is 0.382 e. The van der Waals surface area contributed by atoms with Crippen LogP contribution in [0.5, 0.6) is 0 Å². The number of nitrogens with two attached hydrogens (primary N) is 1. The Bertz CT molecular complexity index is 745. The highest BCUT2D eigenvalue weighted by Gasteiger charge is 2.29. The molecule has 1 aromatic carbocycles. The number of nitro groups is 1. The van der Waals surface area contributed by atoms with Gasteiger partial charge >= 0.3 is 0 Å². The molecule has 7 nitrogen and oxygen atoms in total. The molecule has 0 saturated heterocycles. The first kappa shape index (κ1) is 13.4. The Morgan fingerprint density at radius 2 is 2.19 bits per heavy atom. The molecule has 0 saturated carbocycles. The van der Waals surface area contributed by atoms with Crippen LogP contribution in [0.2, 0.25) is 0 Å². The van der Waals surface area contributed by atoms with Gasteiger partial charge in [0.2, 0.25) is 0 Å². The summed E-state index contributed by atoms with van der Waals surface area (Å²) in [7, 11) is 0. The van der Waals surface area contributed by atoms with Gasteiger partial charge in [0.05, 0.1) is 23.8 Å². The maximum Gasteiger partial charge on any atom is 0.298 e. The maximum absolute atomic E-state index is 14.1. The number of rotatable bonds is 2. The van der Waals surface area contributed by atoms with Crippen molar-refractivity contribution < 1.29 is 18.4 Å². The third-order valence-corrected chi connectivity index (χ3v) is 3.31. The second kappa shape index (κ2) is 4.77.